The second-order valence-electron chi connectivity index (χ2n) is 4.86. The van der Waals surface area contributed by atoms with Gasteiger partial charge in [-0.05, 0) is 31.5 Å². The van der Waals surface area contributed by atoms with Crippen LogP contribution in [0.1, 0.15) is 30.3 Å². The highest BCUT2D eigenvalue weighted by Crippen LogP contribution is 2.36. The standard InChI is InChI=1S/C14H16N2O2S/c17-13(18)7-9-16-8-3-5-11(16)14-15-10-4-1-2-6-12(10)19-14/h1-2,4,6,11H,3,5,7-9H2,(H,17,18). The molecule has 0 saturated carbocycles. The van der Waals surface area contributed by atoms with Gasteiger partial charge >= 0.3 is 5.97 Å². The Kier molecular flexibility index (Phi) is 3.48. The molecule has 5 heteroatoms. The Hall–Kier alpha value is -1.46. The molecule has 1 atom stereocenters. The number of likely N-dealkylation sites (tertiary alicyclic amines) is 1. The lowest BCUT2D eigenvalue weighted by Crippen LogP contribution is -2.25. The molecule has 19 heavy (non-hydrogen) atoms. The number of nitrogens with zero attached hydrogens (tertiary/aromatic N) is 2. The molecule has 1 aromatic heterocycles. The molecule has 0 amide bonds. The van der Waals surface area contributed by atoms with E-state index in [2.05, 4.69) is 11.0 Å². The van der Waals surface area contributed by atoms with Crippen LogP contribution in [0.2, 0.25) is 0 Å². The number of fused-ring (bicyclic) bond motifs is 1. The fraction of sp³-hybridized carbons (Fsp3) is 0.429. The molecular weight excluding hydrogens is 260 g/mol. The smallest absolute Gasteiger partial charge is 0.304 e. The summed E-state index contributed by atoms with van der Waals surface area (Å²) in [6, 6.07) is 8.46. The Balaban J connectivity index is 1.81. The topological polar surface area (TPSA) is 53.4 Å². The van der Waals surface area contributed by atoms with Crippen molar-refractivity contribution in [1.82, 2.24) is 9.88 Å². The van der Waals surface area contributed by atoms with Crippen LogP contribution in [0.15, 0.2) is 24.3 Å². The van der Waals surface area contributed by atoms with Crippen molar-refractivity contribution >= 4 is 27.5 Å². The van der Waals surface area contributed by atoms with Crippen LogP contribution in [-0.2, 0) is 4.79 Å². The third-order valence-corrected chi connectivity index (χ3v) is 4.71. The Bertz CT molecular complexity index is 563. The minimum absolute atomic E-state index is 0.210. The molecule has 1 unspecified atom stereocenters. The lowest BCUT2D eigenvalue weighted by atomic mass is 10.2. The van der Waals surface area contributed by atoms with E-state index in [9.17, 15) is 4.79 Å². The number of carbonyl (C=O) groups is 1. The van der Waals surface area contributed by atoms with E-state index in [0.29, 0.717) is 12.6 Å². The van der Waals surface area contributed by atoms with Gasteiger partial charge in [0.1, 0.15) is 5.01 Å². The summed E-state index contributed by atoms with van der Waals surface area (Å²) in [5.41, 5.74) is 1.05. The largest absolute Gasteiger partial charge is 0.481 e. The van der Waals surface area contributed by atoms with Crippen LogP contribution < -0.4 is 0 Å². The average molecular weight is 276 g/mol. The Labute approximate surface area is 115 Å². The van der Waals surface area contributed by atoms with Crippen LogP contribution in [0.4, 0.5) is 0 Å². The van der Waals surface area contributed by atoms with Gasteiger partial charge in [-0.25, -0.2) is 4.98 Å². The third kappa shape index (κ3) is 2.62. The van der Waals surface area contributed by atoms with Gasteiger partial charge in [-0.3, -0.25) is 9.69 Å². The molecule has 3 rings (SSSR count). The maximum atomic E-state index is 10.7. The number of aromatic nitrogens is 1. The van der Waals surface area contributed by atoms with E-state index >= 15 is 0 Å². The number of benzene rings is 1. The van der Waals surface area contributed by atoms with Crippen molar-refractivity contribution in [1.29, 1.82) is 0 Å². The van der Waals surface area contributed by atoms with Crippen molar-refractivity contribution in [3.63, 3.8) is 0 Å². The highest BCUT2D eigenvalue weighted by molar-refractivity contribution is 7.18. The number of para-hydroxylation sites is 1. The van der Waals surface area contributed by atoms with Crippen molar-refractivity contribution < 1.29 is 9.90 Å². The predicted octanol–water partition coefficient (Wildman–Crippen LogP) is 2.91. The summed E-state index contributed by atoms with van der Waals surface area (Å²) in [6.07, 6.45) is 2.42. The molecular formula is C14H16N2O2S. The van der Waals surface area contributed by atoms with Crippen molar-refractivity contribution in [2.75, 3.05) is 13.1 Å². The average Bonchev–Trinajstić information content (AvgIpc) is 3.02. The number of aliphatic carboxylic acids is 1. The summed E-state index contributed by atoms with van der Waals surface area (Å²) in [4.78, 5) is 17.7. The van der Waals surface area contributed by atoms with Crippen LogP contribution in [-0.4, -0.2) is 34.0 Å². The summed E-state index contributed by atoms with van der Waals surface area (Å²) in [5, 5.41) is 9.93. The third-order valence-electron chi connectivity index (χ3n) is 3.57. The fourth-order valence-electron chi connectivity index (χ4n) is 2.65. The lowest BCUT2D eigenvalue weighted by Gasteiger charge is -2.21. The number of hydrogen-bond donors (Lipinski definition) is 1. The second kappa shape index (κ2) is 5.27. The van der Waals surface area contributed by atoms with Gasteiger partial charge in [0.2, 0.25) is 0 Å². The van der Waals surface area contributed by atoms with Gasteiger partial charge in [0.25, 0.3) is 0 Å². The van der Waals surface area contributed by atoms with Crippen LogP contribution in [0.3, 0.4) is 0 Å². The number of thiazole rings is 1. The number of carboxylic acid groups (broad SMARTS) is 1. The number of hydrogen-bond acceptors (Lipinski definition) is 4. The van der Waals surface area contributed by atoms with E-state index in [-0.39, 0.29) is 6.42 Å². The van der Waals surface area contributed by atoms with E-state index in [0.717, 1.165) is 29.9 Å². The zero-order chi connectivity index (χ0) is 13.2. The van der Waals surface area contributed by atoms with Gasteiger partial charge < -0.3 is 5.11 Å². The molecule has 0 spiro atoms. The minimum atomic E-state index is -0.727. The molecule has 1 saturated heterocycles. The van der Waals surface area contributed by atoms with E-state index in [1.165, 1.54) is 4.70 Å². The summed E-state index contributed by atoms with van der Waals surface area (Å²) >= 11 is 1.73. The van der Waals surface area contributed by atoms with E-state index in [4.69, 9.17) is 10.1 Å². The molecule has 2 aromatic rings. The maximum absolute atomic E-state index is 10.7. The normalized spacial score (nSPS) is 20.1. The highest BCUT2D eigenvalue weighted by Gasteiger charge is 2.28. The molecule has 1 aliphatic rings. The van der Waals surface area contributed by atoms with Crippen LogP contribution in [0.25, 0.3) is 10.2 Å². The van der Waals surface area contributed by atoms with Crippen molar-refractivity contribution in [3.05, 3.63) is 29.3 Å². The van der Waals surface area contributed by atoms with Crippen LogP contribution in [0.5, 0.6) is 0 Å². The summed E-state index contributed by atoms with van der Waals surface area (Å²) < 4.78 is 1.21. The minimum Gasteiger partial charge on any atom is -0.481 e. The molecule has 1 aliphatic heterocycles. The highest BCUT2D eigenvalue weighted by atomic mass is 32.1. The predicted molar refractivity (Wildman–Crippen MR) is 75.4 cm³/mol. The Morgan fingerprint density at radius 1 is 1.47 bits per heavy atom. The van der Waals surface area contributed by atoms with Crippen molar-refractivity contribution in [3.8, 4) is 0 Å². The monoisotopic (exact) mass is 276 g/mol. The van der Waals surface area contributed by atoms with Gasteiger partial charge in [0, 0.05) is 6.54 Å². The maximum Gasteiger partial charge on any atom is 0.304 e. The van der Waals surface area contributed by atoms with Gasteiger partial charge in [0.15, 0.2) is 0 Å². The molecule has 2 heterocycles. The molecule has 4 nitrogen and oxygen atoms in total. The molecule has 1 N–H and O–H groups in total. The first-order valence-electron chi connectivity index (χ1n) is 6.55. The van der Waals surface area contributed by atoms with Crippen LogP contribution in [0, 0.1) is 0 Å². The summed E-state index contributed by atoms with van der Waals surface area (Å²) in [6.45, 7) is 1.60. The molecule has 100 valence electrons. The number of carboxylic acids is 1. The van der Waals surface area contributed by atoms with E-state index in [1.54, 1.807) is 11.3 Å². The van der Waals surface area contributed by atoms with E-state index in [1.807, 2.05) is 18.2 Å². The number of rotatable bonds is 4. The first kappa shape index (κ1) is 12.6. The molecule has 1 aromatic carbocycles. The van der Waals surface area contributed by atoms with Gasteiger partial charge in [0.05, 0.1) is 22.7 Å². The second-order valence-corrected chi connectivity index (χ2v) is 5.92. The molecule has 0 bridgehead atoms. The molecule has 1 fully saturated rings. The van der Waals surface area contributed by atoms with Crippen molar-refractivity contribution in [2.45, 2.75) is 25.3 Å². The zero-order valence-electron chi connectivity index (χ0n) is 10.6. The van der Waals surface area contributed by atoms with E-state index < -0.39 is 5.97 Å². The SMILES string of the molecule is O=C(O)CCN1CCCC1c1nc2ccccc2s1. The lowest BCUT2D eigenvalue weighted by molar-refractivity contribution is -0.137. The quantitative estimate of drug-likeness (QED) is 0.933. The first-order chi connectivity index (χ1) is 9.24. The molecule has 0 aliphatic carbocycles. The van der Waals surface area contributed by atoms with Crippen LogP contribution >= 0.6 is 11.3 Å². The zero-order valence-corrected chi connectivity index (χ0v) is 11.4. The van der Waals surface area contributed by atoms with Gasteiger partial charge in [-0.15, -0.1) is 11.3 Å². The first-order valence-corrected chi connectivity index (χ1v) is 7.37. The van der Waals surface area contributed by atoms with Gasteiger partial charge in [-0.2, -0.15) is 0 Å². The molecule has 0 radical (unpaired) electrons. The Morgan fingerprint density at radius 2 is 2.32 bits per heavy atom. The van der Waals surface area contributed by atoms with Crippen molar-refractivity contribution in [2.24, 2.45) is 0 Å². The summed E-state index contributed by atoms with van der Waals surface area (Å²) in [5.74, 6) is -0.727. The summed E-state index contributed by atoms with van der Waals surface area (Å²) in [7, 11) is 0. The fourth-order valence-corrected chi connectivity index (χ4v) is 3.78. The Morgan fingerprint density at radius 3 is 3.11 bits per heavy atom. The van der Waals surface area contributed by atoms with Gasteiger partial charge in [-0.1, -0.05) is 12.1 Å².